The molecule has 0 aliphatic carbocycles. The topological polar surface area (TPSA) is 77.1 Å². The molecule has 0 bridgehead atoms. The van der Waals surface area contributed by atoms with Gasteiger partial charge >= 0.3 is 0 Å². The molecule has 24 heavy (non-hydrogen) atoms. The first kappa shape index (κ1) is 14.9. The standard InChI is InChI=1S/C17H20N6O/c1-12(16-21-20-15-8-3-2-5-10-23(15)16)18-17(24)13-11-22-9-6-4-7-14(22)19-13/h4,6-7,9,11-12H,2-3,5,8,10H2,1H3,(H,18,24)/t12-/m0/s1. The fourth-order valence-electron chi connectivity index (χ4n) is 3.21. The van der Waals surface area contributed by atoms with Gasteiger partial charge in [0.05, 0.1) is 6.04 Å². The monoisotopic (exact) mass is 324 g/mol. The van der Waals surface area contributed by atoms with Gasteiger partial charge in [0.1, 0.15) is 17.2 Å². The molecular formula is C17H20N6O. The zero-order valence-corrected chi connectivity index (χ0v) is 13.6. The molecule has 0 aromatic carbocycles. The van der Waals surface area contributed by atoms with Crippen molar-refractivity contribution in [1.82, 2.24) is 29.5 Å². The van der Waals surface area contributed by atoms with Crippen LogP contribution in [0.3, 0.4) is 0 Å². The van der Waals surface area contributed by atoms with Gasteiger partial charge in [-0.15, -0.1) is 10.2 Å². The van der Waals surface area contributed by atoms with E-state index in [9.17, 15) is 4.79 Å². The lowest BCUT2D eigenvalue weighted by Gasteiger charge is -2.14. The van der Waals surface area contributed by atoms with Crippen molar-refractivity contribution in [2.45, 2.75) is 45.2 Å². The summed E-state index contributed by atoms with van der Waals surface area (Å²) in [6.45, 7) is 2.86. The number of aryl methyl sites for hydroxylation is 1. The second-order valence-electron chi connectivity index (χ2n) is 6.22. The molecule has 124 valence electrons. The van der Waals surface area contributed by atoms with Crippen molar-refractivity contribution in [3.05, 3.63) is 47.9 Å². The number of hydrogen-bond donors (Lipinski definition) is 1. The van der Waals surface area contributed by atoms with Gasteiger partial charge in [-0.1, -0.05) is 12.5 Å². The quantitative estimate of drug-likeness (QED) is 0.801. The van der Waals surface area contributed by atoms with Gasteiger partial charge < -0.3 is 14.3 Å². The molecular weight excluding hydrogens is 304 g/mol. The first-order valence-electron chi connectivity index (χ1n) is 8.39. The average Bonchev–Trinajstić information content (AvgIpc) is 3.12. The van der Waals surface area contributed by atoms with E-state index in [1.807, 2.05) is 35.7 Å². The minimum Gasteiger partial charge on any atom is -0.341 e. The Morgan fingerprint density at radius 3 is 3.04 bits per heavy atom. The molecule has 7 nitrogen and oxygen atoms in total. The summed E-state index contributed by atoms with van der Waals surface area (Å²) in [6, 6.07) is 5.47. The summed E-state index contributed by atoms with van der Waals surface area (Å²) in [5, 5.41) is 11.6. The third-order valence-corrected chi connectivity index (χ3v) is 4.47. The van der Waals surface area contributed by atoms with Gasteiger partial charge in [0.2, 0.25) is 0 Å². The van der Waals surface area contributed by atoms with Crippen molar-refractivity contribution in [1.29, 1.82) is 0 Å². The molecule has 1 aliphatic rings. The molecule has 0 fully saturated rings. The Morgan fingerprint density at radius 2 is 2.17 bits per heavy atom. The van der Waals surface area contributed by atoms with Gasteiger partial charge in [-0.2, -0.15) is 0 Å². The number of hydrogen-bond acceptors (Lipinski definition) is 4. The van der Waals surface area contributed by atoms with Crippen molar-refractivity contribution in [3.63, 3.8) is 0 Å². The van der Waals surface area contributed by atoms with E-state index in [-0.39, 0.29) is 11.9 Å². The highest BCUT2D eigenvalue weighted by Crippen LogP contribution is 2.19. The number of carbonyl (C=O) groups is 1. The Labute approximate surface area is 139 Å². The molecule has 1 N–H and O–H groups in total. The molecule has 0 saturated carbocycles. The number of nitrogens with one attached hydrogen (secondary N) is 1. The number of imidazole rings is 1. The lowest BCUT2D eigenvalue weighted by atomic mass is 10.2. The summed E-state index contributed by atoms with van der Waals surface area (Å²) in [4.78, 5) is 16.9. The maximum atomic E-state index is 12.5. The molecule has 3 aromatic rings. The summed E-state index contributed by atoms with van der Waals surface area (Å²) in [7, 11) is 0. The van der Waals surface area contributed by atoms with Crippen molar-refractivity contribution in [2.75, 3.05) is 0 Å². The van der Waals surface area contributed by atoms with Gasteiger partial charge in [0.15, 0.2) is 5.82 Å². The first-order chi connectivity index (χ1) is 11.7. The van der Waals surface area contributed by atoms with Crippen LogP contribution in [0.4, 0.5) is 0 Å². The maximum absolute atomic E-state index is 12.5. The predicted octanol–water partition coefficient (Wildman–Crippen LogP) is 2.14. The lowest BCUT2D eigenvalue weighted by Crippen LogP contribution is -2.29. The molecule has 4 rings (SSSR count). The maximum Gasteiger partial charge on any atom is 0.272 e. The molecule has 3 aromatic heterocycles. The van der Waals surface area contributed by atoms with E-state index >= 15 is 0 Å². The van der Waals surface area contributed by atoms with Crippen LogP contribution in [0.15, 0.2) is 30.6 Å². The van der Waals surface area contributed by atoms with Crippen LogP contribution in [0.2, 0.25) is 0 Å². The highest BCUT2D eigenvalue weighted by molar-refractivity contribution is 5.93. The summed E-state index contributed by atoms with van der Waals surface area (Å²) in [5.41, 5.74) is 1.16. The normalized spacial score (nSPS) is 15.7. The van der Waals surface area contributed by atoms with Crippen LogP contribution >= 0.6 is 0 Å². The van der Waals surface area contributed by atoms with Gasteiger partial charge in [-0.25, -0.2) is 4.98 Å². The third kappa shape index (κ3) is 2.66. The van der Waals surface area contributed by atoms with Crippen LogP contribution in [0.5, 0.6) is 0 Å². The Kier molecular flexibility index (Phi) is 3.76. The molecule has 0 saturated heterocycles. The SMILES string of the molecule is C[C@H](NC(=O)c1cn2ccccc2n1)c1nnc2n1CCCCC2. The summed E-state index contributed by atoms with van der Waals surface area (Å²) in [6.07, 6.45) is 8.07. The Balaban J connectivity index is 1.54. The lowest BCUT2D eigenvalue weighted by molar-refractivity contribution is 0.0933. The van der Waals surface area contributed by atoms with Gasteiger partial charge in [-0.05, 0) is 31.9 Å². The first-order valence-corrected chi connectivity index (χ1v) is 8.39. The highest BCUT2D eigenvalue weighted by atomic mass is 16.2. The summed E-state index contributed by atoms with van der Waals surface area (Å²) >= 11 is 0. The fourth-order valence-corrected chi connectivity index (χ4v) is 3.21. The van der Waals surface area contributed by atoms with Gasteiger partial charge in [0, 0.05) is 25.4 Å². The number of carbonyl (C=O) groups excluding carboxylic acids is 1. The van der Waals surface area contributed by atoms with Gasteiger partial charge in [-0.3, -0.25) is 4.79 Å². The second kappa shape index (κ2) is 6.07. The molecule has 0 radical (unpaired) electrons. The number of fused-ring (bicyclic) bond motifs is 2. The molecule has 4 heterocycles. The fraction of sp³-hybridized carbons (Fsp3) is 0.412. The van der Waals surface area contributed by atoms with E-state index in [1.165, 1.54) is 6.42 Å². The largest absolute Gasteiger partial charge is 0.341 e. The zero-order chi connectivity index (χ0) is 16.5. The van der Waals surface area contributed by atoms with Crippen LogP contribution in [-0.2, 0) is 13.0 Å². The molecule has 1 aliphatic heterocycles. The van der Waals surface area contributed by atoms with E-state index in [2.05, 4.69) is 25.1 Å². The predicted molar refractivity (Wildman–Crippen MR) is 88.7 cm³/mol. The minimum absolute atomic E-state index is 0.197. The smallest absolute Gasteiger partial charge is 0.272 e. The zero-order valence-electron chi connectivity index (χ0n) is 13.6. The second-order valence-corrected chi connectivity index (χ2v) is 6.22. The van der Waals surface area contributed by atoms with E-state index in [0.29, 0.717) is 5.69 Å². The molecule has 1 atom stereocenters. The summed E-state index contributed by atoms with van der Waals surface area (Å²) in [5.74, 6) is 1.65. The molecule has 1 amide bonds. The van der Waals surface area contributed by atoms with Crippen LogP contribution < -0.4 is 5.32 Å². The minimum atomic E-state index is -0.207. The Morgan fingerprint density at radius 1 is 1.25 bits per heavy atom. The van der Waals surface area contributed by atoms with Crippen LogP contribution in [0.1, 0.15) is 54.4 Å². The van der Waals surface area contributed by atoms with E-state index < -0.39 is 0 Å². The molecule has 0 unspecified atom stereocenters. The van der Waals surface area contributed by atoms with Crippen LogP contribution in [0, 0.1) is 0 Å². The van der Waals surface area contributed by atoms with Crippen molar-refractivity contribution < 1.29 is 4.79 Å². The van der Waals surface area contributed by atoms with E-state index in [0.717, 1.165) is 43.1 Å². The van der Waals surface area contributed by atoms with Crippen LogP contribution in [0.25, 0.3) is 5.65 Å². The van der Waals surface area contributed by atoms with Crippen molar-refractivity contribution in [3.8, 4) is 0 Å². The van der Waals surface area contributed by atoms with Crippen molar-refractivity contribution >= 4 is 11.6 Å². The molecule has 7 heteroatoms. The molecule has 0 spiro atoms. The number of aromatic nitrogens is 5. The number of pyridine rings is 1. The Bertz CT molecular complexity index is 847. The third-order valence-electron chi connectivity index (χ3n) is 4.47. The van der Waals surface area contributed by atoms with E-state index in [1.54, 1.807) is 6.20 Å². The number of amides is 1. The number of rotatable bonds is 3. The highest BCUT2D eigenvalue weighted by Gasteiger charge is 2.21. The average molecular weight is 324 g/mol. The van der Waals surface area contributed by atoms with Crippen molar-refractivity contribution in [2.24, 2.45) is 0 Å². The summed E-state index contributed by atoms with van der Waals surface area (Å²) < 4.78 is 3.99. The van der Waals surface area contributed by atoms with Crippen LogP contribution in [-0.4, -0.2) is 30.1 Å². The Hall–Kier alpha value is -2.70. The van der Waals surface area contributed by atoms with Gasteiger partial charge in [0.25, 0.3) is 5.91 Å². The number of nitrogens with zero attached hydrogens (tertiary/aromatic N) is 5. The van der Waals surface area contributed by atoms with E-state index in [4.69, 9.17) is 0 Å².